The first-order valence-electron chi connectivity index (χ1n) is 6.57. The summed E-state index contributed by atoms with van der Waals surface area (Å²) in [6.07, 6.45) is 2.04. The molecule has 0 saturated carbocycles. The van der Waals surface area contributed by atoms with Crippen LogP contribution < -0.4 is 10.6 Å². The maximum atomic E-state index is 12.0. The molecule has 2 N–H and O–H groups in total. The van der Waals surface area contributed by atoms with Gasteiger partial charge in [0, 0.05) is 18.3 Å². The van der Waals surface area contributed by atoms with Gasteiger partial charge in [-0.05, 0) is 41.0 Å². The minimum atomic E-state index is -3.16. The minimum absolute atomic E-state index is 0.115. The van der Waals surface area contributed by atoms with Gasteiger partial charge in [0.25, 0.3) is 0 Å². The molecule has 0 saturated heterocycles. The van der Waals surface area contributed by atoms with Crippen molar-refractivity contribution in [3.8, 4) is 0 Å². The van der Waals surface area contributed by atoms with Crippen LogP contribution in [0.2, 0.25) is 0 Å². The van der Waals surface area contributed by atoms with Gasteiger partial charge in [-0.3, -0.25) is 4.79 Å². The summed E-state index contributed by atoms with van der Waals surface area (Å²) in [5.74, 6) is -0.115. The Morgan fingerprint density at radius 2 is 1.68 bits per heavy atom. The van der Waals surface area contributed by atoms with E-state index in [0.717, 1.165) is 6.42 Å². The monoisotopic (exact) mass is 292 g/mol. The molecule has 5 nitrogen and oxygen atoms in total. The largest absolute Gasteiger partial charge is 0.350 e. The van der Waals surface area contributed by atoms with E-state index in [1.807, 2.05) is 20.8 Å². The fourth-order valence-electron chi connectivity index (χ4n) is 1.15. The number of carbonyl (C=O) groups excluding carboxylic acids is 1. The smallest absolute Gasteiger partial charge is 0.237 e. The number of sulfone groups is 1. The van der Waals surface area contributed by atoms with Gasteiger partial charge in [-0.1, -0.05) is 6.92 Å². The topological polar surface area (TPSA) is 75.3 Å². The predicted molar refractivity (Wildman–Crippen MR) is 78.9 cm³/mol. The lowest BCUT2D eigenvalue weighted by Gasteiger charge is -2.29. The molecule has 0 rings (SSSR count). The van der Waals surface area contributed by atoms with E-state index in [0.29, 0.717) is 0 Å². The molecule has 0 aliphatic carbocycles. The molecule has 6 heteroatoms. The highest BCUT2D eigenvalue weighted by molar-refractivity contribution is 7.92. The minimum Gasteiger partial charge on any atom is -0.350 e. The summed E-state index contributed by atoms with van der Waals surface area (Å²) >= 11 is 0. The zero-order valence-corrected chi connectivity index (χ0v) is 13.9. The van der Waals surface area contributed by atoms with Gasteiger partial charge in [-0.2, -0.15) is 0 Å². The molecular weight excluding hydrogens is 264 g/mol. The maximum Gasteiger partial charge on any atom is 0.237 e. The summed E-state index contributed by atoms with van der Waals surface area (Å²) in [5.41, 5.74) is -0.251. The van der Waals surface area contributed by atoms with Crippen LogP contribution in [-0.4, -0.2) is 43.5 Å². The zero-order chi connectivity index (χ0) is 15.5. The molecule has 0 aliphatic rings. The van der Waals surface area contributed by atoms with Gasteiger partial charge in [-0.15, -0.1) is 0 Å². The summed E-state index contributed by atoms with van der Waals surface area (Å²) < 4.78 is 22.3. The van der Waals surface area contributed by atoms with E-state index in [1.165, 1.54) is 6.26 Å². The van der Waals surface area contributed by atoms with E-state index in [-0.39, 0.29) is 18.0 Å². The Balaban J connectivity index is 4.49. The van der Waals surface area contributed by atoms with Crippen molar-refractivity contribution in [3.05, 3.63) is 0 Å². The number of nitrogens with one attached hydrogen (secondary N) is 2. The Morgan fingerprint density at radius 1 is 1.21 bits per heavy atom. The molecule has 0 radical (unpaired) electrons. The van der Waals surface area contributed by atoms with Crippen LogP contribution in [0, 0.1) is 0 Å². The SMILES string of the molecule is CCC(C)(C)NC(=O)C(C)NCC(C)(C)S(C)(=O)=O. The Hall–Kier alpha value is -0.620. The summed E-state index contributed by atoms with van der Waals surface area (Å²) in [7, 11) is -3.16. The van der Waals surface area contributed by atoms with E-state index in [1.54, 1.807) is 20.8 Å². The molecular formula is C13H28N2O3S. The molecule has 0 fully saturated rings. The van der Waals surface area contributed by atoms with Gasteiger partial charge >= 0.3 is 0 Å². The second kappa shape index (κ2) is 6.22. The Bertz CT molecular complexity index is 414. The average Bonchev–Trinajstić information content (AvgIpc) is 2.23. The van der Waals surface area contributed by atoms with Gasteiger partial charge in [0.15, 0.2) is 9.84 Å². The van der Waals surface area contributed by atoms with Crippen molar-refractivity contribution in [3.63, 3.8) is 0 Å². The Morgan fingerprint density at radius 3 is 2.05 bits per heavy atom. The third-order valence-electron chi connectivity index (χ3n) is 3.58. The Kier molecular flexibility index (Phi) is 6.02. The standard InChI is InChI=1S/C13H28N2O3S/c1-8-12(3,4)15-11(16)10(2)14-9-13(5,6)19(7,17)18/h10,14H,8-9H2,1-7H3,(H,15,16). The highest BCUT2D eigenvalue weighted by Crippen LogP contribution is 2.14. The lowest BCUT2D eigenvalue weighted by atomic mass is 10.0. The second-order valence-corrected chi connectivity index (χ2v) is 9.01. The van der Waals surface area contributed by atoms with Crippen molar-refractivity contribution >= 4 is 15.7 Å². The highest BCUT2D eigenvalue weighted by atomic mass is 32.2. The van der Waals surface area contributed by atoms with E-state index in [9.17, 15) is 13.2 Å². The molecule has 0 spiro atoms. The Labute approximate surface area is 117 Å². The van der Waals surface area contributed by atoms with Crippen molar-refractivity contribution in [2.24, 2.45) is 0 Å². The first-order chi connectivity index (χ1) is 8.32. The van der Waals surface area contributed by atoms with Crippen molar-refractivity contribution in [2.45, 2.75) is 64.3 Å². The van der Waals surface area contributed by atoms with Crippen molar-refractivity contribution in [1.29, 1.82) is 0 Å². The van der Waals surface area contributed by atoms with Gasteiger partial charge in [0.2, 0.25) is 5.91 Å². The van der Waals surface area contributed by atoms with Crippen LogP contribution in [0.25, 0.3) is 0 Å². The predicted octanol–water partition coefficient (Wildman–Crippen LogP) is 1.09. The van der Waals surface area contributed by atoms with E-state index >= 15 is 0 Å². The van der Waals surface area contributed by atoms with Crippen LogP contribution in [0.5, 0.6) is 0 Å². The third-order valence-corrected chi connectivity index (χ3v) is 5.73. The van der Waals surface area contributed by atoms with Crippen LogP contribution in [0.3, 0.4) is 0 Å². The second-order valence-electron chi connectivity index (χ2n) is 6.36. The molecule has 1 unspecified atom stereocenters. The first-order valence-corrected chi connectivity index (χ1v) is 8.46. The van der Waals surface area contributed by atoms with Crippen LogP contribution in [0.1, 0.15) is 48.0 Å². The van der Waals surface area contributed by atoms with Crippen LogP contribution in [0.4, 0.5) is 0 Å². The van der Waals surface area contributed by atoms with Gasteiger partial charge in [0.1, 0.15) is 0 Å². The molecule has 0 heterocycles. The quantitative estimate of drug-likeness (QED) is 0.736. The molecule has 1 atom stereocenters. The molecule has 1 amide bonds. The first kappa shape index (κ1) is 18.4. The summed E-state index contributed by atoms with van der Waals surface area (Å²) in [4.78, 5) is 12.0. The molecule has 0 aliphatic heterocycles. The van der Waals surface area contributed by atoms with Crippen molar-refractivity contribution in [2.75, 3.05) is 12.8 Å². The number of hydrogen-bond acceptors (Lipinski definition) is 4. The maximum absolute atomic E-state index is 12.0. The van der Waals surface area contributed by atoms with Gasteiger partial charge in [0.05, 0.1) is 10.8 Å². The average molecular weight is 292 g/mol. The van der Waals surface area contributed by atoms with E-state index < -0.39 is 20.6 Å². The van der Waals surface area contributed by atoms with Crippen molar-refractivity contribution < 1.29 is 13.2 Å². The molecule has 0 aromatic carbocycles. The summed E-state index contributed by atoms with van der Waals surface area (Å²) in [5, 5.41) is 5.91. The normalized spacial score (nSPS) is 15.1. The fourth-order valence-corrected chi connectivity index (χ4v) is 1.50. The molecule has 0 aromatic rings. The summed E-state index contributed by atoms with van der Waals surface area (Å²) in [6.45, 7) is 11.2. The van der Waals surface area contributed by atoms with Gasteiger partial charge in [-0.25, -0.2) is 8.42 Å². The third kappa shape index (κ3) is 5.91. The van der Waals surface area contributed by atoms with Crippen molar-refractivity contribution in [1.82, 2.24) is 10.6 Å². The zero-order valence-electron chi connectivity index (χ0n) is 13.1. The van der Waals surface area contributed by atoms with Crippen LogP contribution >= 0.6 is 0 Å². The number of rotatable bonds is 7. The fraction of sp³-hybridized carbons (Fsp3) is 0.923. The molecule has 0 aromatic heterocycles. The lowest BCUT2D eigenvalue weighted by molar-refractivity contribution is -0.124. The van der Waals surface area contributed by atoms with Crippen LogP contribution in [-0.2, 0) is 14.6 Å². The molecule has 114 valence electrons. The van der Waals surface area contributed by atoms with Crippen LogP contribution in [0.15, 0.2) is 0 Å². The van der Waals surface area contributed by atoms with Gasteiger partial charge < -0.3 is 10.6 Å². The molecule has 19 heavy (non-hydrogen) atoms. The lowest BCUT2D eigenvalue weighted by Crippen LogP contribution is -2.53. The van der Waals surface area contributed by atoms with E-state index in [4.69, 9.17) is 0 Å². The number of hydrogen-bond donors (Lipinski definition) is 2. The number of amides is 1. The van der Waals surface area contributed by atoms with E-state index in [2.05, 4.69) is 10.6 Å². The molecule has 0 bridgehead atoms. The number of carbonyl (C=O) groups is 1. The summed E-state index contributed by atoms with van der Waals surface area (Å²) in [6, 6.07) is -0.424. The highest BCUT2D eigenvalue weighted by Gasteiger charge is 2.31.